The second kappa shape index (κ2) is 5.29. The van der Waals surface area contributed by atoms with Gasteiger partial charge in [0.15, 0.2) is 5.69 Å². The molecule has 2 amide bonds. The molecule has 1 saturated heterocycles. The molecule has 1 aliphatic heterocycles. The van der Waals surface area contributed by atoms with E-state index in [0.717, 1.165) is 18.5 Å². The number of hydrogen-bond acceptors (Lipinski definition) is 4. The Morgan fingerprint density at radius 1 is 1.47 bits per heavy atom. The first kappa shape index (κ1) is 13.4. The molecule has 7 heteroatoms. The summed E-state index contributed by atoms with van der Waals surface area (Å²) in [5.41, 5.74) is 7.33. The van der Waals surface area contributed by atoms with Crippen molar-refractivity contribution >= 4 is 17.5 Å². The maximum atomic E-state index is 12.3. The Morgan fingerprint density at radius 3 is 2.84 bits per heavy atom. The van der Waals surface area contributed by atoms with Crippen LogP contribution in [0, 0.1) is 0 Å². The van der Waals surface area contributed by atoms with Gasteiger partial charge in [-0.1, -0.05) is 13.3 Å². The average Bonchev–Trinajstić information content (AvgIpc) is 2.74. The molecule has 0 unspecified atom stereocenters. The summed E-state index contributed by atoms with van der Waals surface area (Å²) in [6.07, 6.45) is 1.68. The van der Waals surface area contributed by atoms with Crippen molar-refractivity contribution in [3.05, 3.63) is 11.4 Å². The van der Waals surface area contributed by atoms with Crippen molar-refractivity contribution in [1.29, 1.82) is 0 Å². The normalized spacial score (nSPS) is 16.0. The molecule has 0 bridgehead atoms. The lowest BCUT2D eigenvalue weighted by Crippen LogP contribution is -2.50. The van der Waals surface area contributed by atoms with E-state index >= 15 is 0 Å². The number of nitrogen functional groups attached to an aromatic ring is 1. The molecule has 0 atom stereocenters. The van der Waals surface area contributed by atoms with E-state index in [9.17, 15) is 9.59 Å². The molecular weight excluding hydrogens is 246 g/mol. The van der Waals surface area contributed by atoms with Crippen LogP contribution in [0.2, 0.25) is 0 Å². The summed E-state index contributed by atoms with van der Waals surface area (Å²) in [4.78, 5) is 27.0. The summed E-state index contributed by atoms with van der Waals surface area (Å²) in [5, 5.41) is 6.78. The fraction of sp³-hybridized carbons (Fsp3) is 0.583. The lowest BCUT2D eigenvalue weighted by Gasteiger charge is -2.31. The zero-order chi connectivity index (χ0) is 14.0. The van der Waals surface area contributed by atoms with Crippen molar-refractivity contribution in [1.82, 2.24) is 20.0 Å². The van der Waals surface area contributed by atoms with Crippen LogP contribution in [-0.4, -0.2) is 58.5 Å². The number of rotatable bonds is 3. The molecule has 19 heavy (non-hydrogen) atoms. The fourth-order valence-corrected chi connectivity index (χ4v) is 2.07. The lowest BCUT2D eigenvalue weighted by atomic mass is 10.2. The van der Waals surface area contributed by atoms with Gasteiger partial charge in [0, 0.05) is 20.1 Å². The van der Waals surface area contributed by atoms with E-state index in [-0.39, 0.29) is 24.1 Å². The average molecular weight is 265 g/mol. The highest BCUT2D eigenvalue weighted by Gasteiger charge is 2.28. The molecule has 2 rings (SSSR count). The van der Waals surface area contributed by atoms with Gasteiger partial charge in [0.1, 0.15) is 6.54 Å². The minimum atomic E-state index is -0.280. The number of nitrogens with zero attached hydrogens (tertiary/aromatic N) is 3. The number of hydrogen-bond donors (Lipinski definition) is 2. The summed E-state index contributed by atoms with van der Waals surface area (Å²) < 4.78 is 0. The Balaban J connectivity index is 2.14. The van der Waals surface area contributed by atoms with E-state index in [0.29, 0.717) is 18.8 Å². The van der Waals surface area contributed by atoms with Crippen molar-refractivity contribution in [3.63, 3.8) is 0 Å². The first-order valence-corrected chi connectivity index (χ1v) is 6.40. The SMILES string of the molecule is CCCc1[nH]nc(C(=O)N2CCN(C)C(=O)C2)c1N. The third-order valence-electron chi connectivity index (χ3n) is 3.33. The number of piperazine rings is 1. The largest absolute Gasteiger partial charge is 0.395 e. The summed E-state index contributed by atoms with van der Waals surface area (Å²) in [5.74, 6) is -0.347. The molecule has 1 aliphatic rings. The van der Waals surface area contributed by atoms with Crippen LogP contribution in [0.25, 0.3) is 0 Å². The highest BCUT2D eigenvalue weighted by Crippen LogP contribution is 2.18. The van der Waals surface area contributed by atoms with Gasteiger partial charge in [-0.15, -0.1) is 0 Å². The van der Waals surface area contributed by atoms with Crippen LogP contribution >= 0.6 is 0 Å². The van der Waals surface area contributed by atoms with E-state index in [1.807, 2.05) is 6.92 Å². The van der Waals surface area contributed by atoms with Gasteiger partial charge in [0.2, 0.25) is 5.91 Å². The van der Waals surface area contributed by atoms with E-state index < -0.39 is 0 Å². The molecule has 0 aliphatic carbocycles. The van der Waals surface area contributed by atoms with Crippen molar-refractivity contribution in [3.8, 4) is 0 Å². The van der Waals surface area contributed by atoms with Gasteiger partial charge in [-0.3, -0.25) is 14.7 Å². The number of carbonyl (C=O) groups is 2. The Morgan fingerprint density at radius 2 is 2.21 bits per heavy atom. The van der Waals surface area contributed by atoms with Crippen LogP contribution < -0.4 is 5.73 Å². The number of nitrogens with two attached hydrogens (primary N) is 1. The molecule has 7 nitrogen and oxygen atoms in total. The number of amides is 2. The molecule has 1 fully saturated rings. The molecule has 104 valence electrons. The number of likely N-dealkylation sites (N-methyl/N-ethyl adjacent to an activating group) is 1. The van der Waals surface area contributed by atoms with Crippen LogP contribution in [0.3, 0.4) is 0 Å². The number of aromatic amines is 1. The number of carbonyl (C=O) groups excluding carboxylic acids is 2. The Kier molecular flexibility index (Phi) is 3.73. The van der Waals surface area contributed by atoms with Crippen molar-refractivity contribution in [2.45, 2.75) is 19.8 Å². The van der Waals surface area contributed by atoms with E-state index in [2.05, 4.69) is 10.2 Å². The first-order chi connectivity index (χ1) is 9.04. The lowest BCUT2D eigenvalue weighted by molar-refractivity contribution is -0.133. The van der Waals surface area contributed by atoms with E-state index in [1.165, 1.54) is 4.90 Å². The molecule has 2 heterocycles. The van der Waals surface area contributed by atoms with Crippen LogP contribution in [0.1, 0.15) is 29.5 Å². The van der Waals surface area contributed by atoms with E-state index in [1.54, 1.807) is 11.9 Å². The summed E-state index contributed by atoms with van der Waals surface area (Å²) in [6.45, 7) is 3.17. The monoisotopic (exact) mass is 265 g/mol. The second-order valence-electron chi connectivity index (χ2n) is 4.76. The van der Waals surface area contributed by atoms with Crippen molar-refractivity contribution in [2.75, 3.05) is 32.4 Å². The maximum Gasteiger partial charge on any atom is 0.277 e. The minimum absolute atomic E-state index is 0.0671. The quantitative estimate of drug-likeness (QED) is 0.795. The third kappa shape index (κ3) is 2.54. The molecule has 1 aromatic rings. The Bertz CT molecular complexity index is 496. The van der Waals surface area contributed by atoms with Gasteiger partial charge >= 0.3 is 0 Å². The molecule has 0 aromatic carbocycles. The molecule has 1 aromatic heterocycles. The molecule has 0 spiro atoms. The predicted molar refractivity (Wildman–Crippen MR) is 70.5 cm³/mol. The maximum absolute atomic E-state index is 12.3. The van der Waals surface area contributed by atoms with Gasteiger partial charge in [-0.25, -0.2) is 0 Å². The zero-order valence-electron chi connectivity index (χ0n) is 11.3. The fourth-order valence-electron chi connectivity index (χ4n) is 2.07. The van der Waals surface area contributed by atoms with Gasteiger partial charge in [0.05, 0.1) is 11.4 Å². The van der Waals surface area contributed by atoms with Gasteiger partial charge in [-0.2, -0.15) is 5.10 Å². The topological polar surface area (TPSA) is 95.3 Å². The van der Waals surface area contributed by atoms with Gasteiger partial charge in [-0.05, 0) is 6.42 Å². The molecular formula is C12H19N5O2. The van der Waals surface area contributed by atoms with E-state index in [4.69, 9.17) is 5.73 Å². The summed E-state index contributed by atoms with van der Waals surface area (Å²) in [6, 6.07) is 0. The molecule has 0 saturated carbocycles. The number of H-pyrrole nitrogens is 1. The van der Waals surface area contributed by atoms with Crippen LogP contribution in [0.15, 0.2) is 0 Å². The molecule has 0 radical (unpaired) electrons. The van der Waals surface area contributed by atoms with Crippen LogP contribution in [0.4, 0.5) is 5.69 Å². The predicted octanol–water partition coefficient (Wildman–Crippen LogP) is -0.141. The Labute approximate surface area is 111 Å². The third-order valence-corrected chi connectivity index (χ3v) is 3.33. The molecule has 3 N–H and O–H groups in total. The first-order valence-electron chi connectivity index (χ1n) is 6.40. The highest BCUT2D eigenvalue weighted by molar-refractivity contribution is 5.99. The number of anilines is 1. The van der Waals surface area contributed by atoms with Gasteiger partial charge in [0.25, 0.3) is 5.91 Å². The summed E-state index contributed by atoms with van der Waals surface area (Å²) >= 11 is 0. The summed E-state index contributed by atoms with van der Waals surface area (Å²) in [7, 11) is 1.73. The highest BCUT2D eigenvalue weighted by atomic mass is 16.2. The van der Waals surface area contributed by atoms with Crippen LogP contribution in [-0.2, 0) is 11.2 Å². The van der Waals surface area contributed by atoms with Crippen molar-refractivity contribution < 1.29 is 9.59 Å². The number of nitrogens with one attached hydrogen (secondary N) is 1. The Hall–Kier alpha value is -2.05. The number of aryl methyl sites for hydroxylation is 1. The van der Waals surface area contributed by atoms with Crippen LogP contribution in [0.5, 0.6) is 0 Å². The minimum Gasteiger partial charge on any atom is -0.395 e. The second-order valence-corrected chi connectivity index (χ2v) is 4.76. The standard InChI is InChI=1S/C12H19N5O2/c1-3-4-8-10(13)11(15-14-8)12(19)17-6-5-16(2)9(18)7-17/h3-7,13H2,1-2H3,(H,14,15). The van der Waals surface area contributed by atoms with Gasteiger partial charge < -0.3 is 15.5 Å². The number of aromatic nitrogens is 2. The van der Waals surface area contributed by atoms with Crippen molar-refractivity contribution in [2.24, 2.45) is 0 Å². The zero-order valence-corrected chi connectivity index (χ0v) is 11.3. The smallest absolute Gasteiger partial charge is 0.277 e.